The largest absolute Gasteiger partial charge is 0.485 e. The van der Waals surface area contributed by atoms with Gasteiger partial charge in [0.25, 0.3) is 5.91 Å². The van der Waals surface area contributed by atoms with Crippen molar-refractivity contribution in [2.45, 2.75) is 20.1 Å². The Kier molecular flexibility index (Phi) is 5.73. The van der Waals surface area contributed by atoms with Crippen molar-refractivity contribution < 1.29 is 23.4 Å². The van der Waals surface area contributed by atoms with Gasteiger partial charge in [-0.15, -0.1) is 0 Å². The number of rotatable bonds is 6. The Bertz CT molecular complexity index is 1100. The summed E-state index contributed by atoms with van der Waals surface area (Å²) in [4.78, 5) is 17.1. The summed E-state index contributed by atoms with van der Waals surface area (Å²) < 4.78 is 22.4. The van der Waals surface area contributed by atoms with E-state index in [0.717, 1.165) is 42.4 Å². The van der Waals surface area contributed by atoms with Crippen molar-refractivity contribution >= 4 is 5.91 Å². The number of benzene rings is 2. The molecule has 0 saturated carbocycles. The first kappa shape index (κ1) is 20.5. The molecule has 3 heterocycles. The summed E-state index contributed by atoms with van der Waals surface area (Å²) in [6.07, 6.45) is 0. The molecule has 1 fully saturated rings. The highest BCUT2D eigenvalue weighted by Gasteiger charge is 2.25. The summed E-state index contributed by atoms with van der Waals surface area (Å²) in [7, 11) is 0. The van der Waals surface area contributed by atoms with Gasteiger partial charge in [-0.05, 0) is 48.4 Å². The number of furan rings is 1. The van der Waals surface area contributed by atoms with Gasteiger partial charge in [0.15, 0.2) is 17.3 Å². The van der Waals surface area contributed by atoms with E-state index in [1.807, 2.05) is 48.2 Å². The summed E-state index contributed by atoms with van der Waals surface area (Å²) in [5.74, 6) is 3.34. The number of nitrogens with zero attached hydrogens (tertiary/aromatic N) is 2. The maximum atomic E-state index is 12.9. The van der Waals surface area contributed by atoms with Crippen LogP contribution in [0.3, 0.4) is 0 Å². The predicted octanol–water partition coefficient (Wildman–Crippen LogP) is 3.85. The molecule has 0 aliphatic carbocycles. The number of para-hydroxylation sites is 1. The van der Waals surface area contributed by atoms with Gasteiger partial charge in [0, 0.05) is 32.7 Å². The Morgan fingerprint density at radius 2 is 1.78 bits per heavy atom. The van der Waals surface area contributed by atoms with E-state index in [4.69, 9.17) is 18.6 Å². The third-order valence-corrected chi connectivity index (χ3v) is 5.84. The molecule has 7 heteroatoms. The van der Waals surface area contributed by atoms with Crippen molar-refractivity contribution in [2.24, 2.45) is 0 Å². The first-order chi connectivity index (χ1) is 15.7. The normalized spacial score (nSPS) is 15.7. The third-order valence-electron chi connectivity index (χ3n) is 5.84. The number of hydrogen-bond acceptors (Lipinski definition) is 6. The number of ether oxygens (including phenoxy) is 3. The van der Waals surface area contributed by atoms with Gasteiger partial charge in [-0.3, -0.25) is 9.69 Å². The van der Waals surface area contributed by atoms with E-state index in [1.165, 1.54) is 5.56 Å². The molecule has 2 aliphatic heterocycles. The molecule has 0 unspecified atom stereocenters. The van der Waals surface area contributed by atoms with Crippen molar-refractivity contribution in [3.63, 3.8) is 0 Å². The average Bonchev–Trinajstić information content (AvgIpc) is 3.48. The average molecular weight is 434 g/mol. The van der Waals surface area contributed by atoms with Gasteiger partial charge in [-0.25, -0.2) is 0 Å². The van der Waals surface area contributed by atoms with Crippen LogP contribution in [0.5, 0.6) is 17.2 Å². The standard InChI is InChI=1S/C25H26N2O5/c1-18-4-2-3-5-21(18)29-16-20-7-9-23(32-20)25(28)27-12-10-26(11-13-27)15-19-6-8-22-24(14-19)31-17-30-22/h2-9,14H,10-13,15-17H2,1H3. The van der Waals surface area contributed by atoms with E-state index in [9.17, 15) is 4.79 Å². The van der Waals surface area contributed by atoms with Crippen LogP contribution in [-0.2, 0) is 13.2 Å². The zero-order chi connectivity index (χ0) is 21.9. The molecule has 0 atom stereocenters. The molecule has 0 radical (unpaired) electrons. The fourth-order valence-electron chi connectivity index (χ4n) is 4.00. The molecule has 2 aromatic carbocycles. The molecule has 3 aromatic rings. The molecule has 32 heavy (non-hydrogen) atoms. The summed E-state index contributed by atoms with van der Waals surface area (Å²) in [5, 5.41) is 0. The molecular weight excluding hydrogens is 408 g/mol. The molecule has 1 saturated heterocycles. The minimum atomic E-state index is -0.0742. The van der Waals surface area contributed by atoms with Gasteiger partial charge in [0.1, 0.15) is 18.1 Å². The molecule has 0 spiro atoms. The molecule has 1 aromatic heterocycles. The lowest BCUT2D eigenvalue weighted by molar-refractivity contribution is 0.0594. The van der Waals surface area contributed by atoms with Crippen LogP contribution in [-0.4, -0.2) is 48.7 Å². The van der Waals surface area contributed by atoms with Gasteiger partial charge in [0.05, 0.1) is 0 Å². The summed E-state index contributed by atoms with van der Waals surface area (Å²) in [6.45, 7) is 6.35. The zero-order valence-electron chi connectivity index (χ0n) is 18.1. The zero-order valence-corrected chi connectivity index (χ0v) is 18.1. The topological polar surface area (TPSA) is 64.4 Å². The highest BCUT2D eigenvalue weighted by atomic mass is 16.7. The van der Waals surface area contributed by atoms with E-state index in [1.54, 1.807) is 12.1 Å². The number of piperazine rings is 1. The minimum Gasteiger partial charge on any atom is -0.485 e. The van der Waals surface area contributed by atoms with Gasteiger partial charge >= 0.3 is 0 Å². The van der Waals surface area contributed by atoms with Crippen LogP contribution in [0.2, 0.25) is 0 Å². The Hall–Kier alpha value is -3.45. The lowest BCUT2D eigenvalue weighted by Crippen LogP contribution is -2.48. The second kappa shape index (κ2) is 8.96. The highest BCUT2D eigenvalue weighted by molar-refractivity contribution is 5.91. The summed E-state index contributed by atoms with van der Waals surface area (Å²) >= 11 is 0. The maximum Gasteiger partial charge on any atom is 0.289 e. The van der Waals surface area contributed by atoms with Crippen LogP contribution in [0.1, 0.15) is 27.4 Å². The van der Waals surface area contributed by atoms with E-state index >= 15 is 0 Å². The molecule has 1 amide bonds. The van der Waals surface area contributed by atoms with Crippen molar-refractivity contribution in [2.75, 3.05) is 33.0 Å². The number of carbonyl (C=O) groups is 1. The molecule has 0 N–H and O–H groups in total. The van der Waals surface area contributed by atoms with E-state index in [2.05, 4.69) is 11.0 Å². The highest BCUT2D eigenvalue weighted by Crippen LogP contribution is 2.33. The van der Waals surface area contributed by atoms with Gasteiger partial charge in [0.2, 0.25) is 6.79 Å². The van der Waals surface area contributed by atoms with Crippen LogP contribution in [0.25, 0.3) is 0 Å². The molecular formula is C25H26N2O5. The fraction of sp³-hybridized carbons (Fsp3) is 0.320. The van der Waals surface area contributed by atoms with Gasteiger partial charge in [-0.2, -0.15) is 0 Å². The number of fused-ring (bicyclic) bond motifs is 1. The Morgan fingerprint density at radius 3 is 2.62 bits per heavy atom. The molecule has 7 nitrogen and oxygen atoms in total. The van der Waals surface area contributed by atoms with Crippen LogP contribution < -0.4 is 14.2 Å². The lowest BCUT2D eigenvalue weighted by atomic mass is 10.1. The SMILES string of the molecule is Cc1ccccc1OCc1ccc(C(=O)N2CCN(Cc3ccc4c(c3)OCO4)CC2)o1. The summed E-state index contributed by atoms with van der Waals surface area (Å²) in [6, 6.07) is 17.4. The van der Waals surface area contributed by atoms with Crippen LogP contribution in [0, 0.1) is 6.92 Å². The van der Waals surface area contributed by atoms with Crippen LogP contribution in [0.15, 0.2) is 59.0 Å². The van der Waals surface area contributed by atoms with Gasteiger partial charge < -0.3 is 23.5 Å². The smallest absolute Gasteiger partial charge is 0.289 e. The fourth-order valence-corrected chi connectivity index (χ4v) is 4.00. The van der Waals surface area contributed by atoms with Crippen LogP contribution in [0.4, 0.5) is 0 Å². The molecule has 5 rings (SSSR count). The van der Waals surface area contributed by atoms with Crippen molar-refractivity contribution in [3.05, 3.63) is 77.2 Å². The minimum absolute atomic E-state index is 0.0742. The molecule has 0 bridgehead atoms. The quantitative estimate of drug-likeness (QED) is 0.587. The third kappa shape index (κ3) is 4.43. The van der Waals surface area contributed by atoms with E-state index < -0.39 is 0 Å². The predicted molar refractivity (Wildman–Crippen MR) is 118 cm³/mol. The molecule has 166 valence electrons. The van der Waals surface area contributed by atoms with E-state index in [0.29, 0.717) is 31.2 Å². The Balaban J connectivity index is 1.12. The first-order valence-electron chi connectivity index (χ1n) is 10.8. The number of aryl methyl sites for hydroxylation is 1. The molecule has 2 aliphatic rings. The van der Waals surface area contributed by atoms with Crippen molar-refractivity contribution in [3.8, 4) is 17.2 Å². The van der Waals surface area contributed by atoms with E-state index in [-0.39, 0.29) is 12.7 Å². The first-order valence-corrected chi connectivity index (χ1v) is 10.8. The number of amides is 1. The van der Waals surface area contributed by atoms with Crippen molar-refractivity contribution in [1.82, 2.24) is 9.80 Å². The number of hydrogen-bond donors (Lipinski definition) is 0. The Labute approximate surface area is 187 Å². The van der Waals surface area contributed by atoms with Crippen molar-refractivity contribution in [1.29, 1.82) is 0 Å². The number of carbonyl (C=O) groups excluding carboxylic acids is 1. The summed E-state index contributed by atoms with van der Waals surface area (Å²) in [5.41, 5.74) is 2.24. The maximum absolute atomic E-state index is 12.9. The Morgan fingerprint density at radius 1 is 0.969 bits per heavy atom. The lowest BCUT2D eigenvalue weighted by Gasteiger charge is -2.34. The monoisotopic (exact) mass is 434 g/mol. The second-order valence-electron chi connectivity index (χ2n) is 8.08. The second-order valence-corrected chi connectivity index (χ2v) is 8.08. The van der Waals surface area contributed by atoms with Crippen LogP contribution >= 0.6 is 0 Å². The van der Waals surface area contributed by atoms with Gasteiger partial charge in [-0.1, -0.05) is 24.3 Å².